The van der Waals surface area contributed by atoms with Crippen LogP contribution in [0.3, 0.4) is 0 Å². The Balaban J connectivity index is 1.21. The van der Waals surface area contributed by atoms with Gasteiger partial charge in [0.1, 0.15) is 40.6 Å². The monoisotopic (exact) mass is 764 g/mol. The lowest BCUT2D eigenvalue weighted by Crippen LogP contribution is -2.58. The van der Waals surface area contributed by atoms with Crippen LogP contribution < -0.4 is 20.1 Å². The normalized spacial score (nSPS) is 26.9. The van der Waals surface area contributed by atoms with E-state index in [1.54, 1.807) is 20.0 Å². The van der Waals surface area contributed by atoms with Gasteiger partial charge in [0.2, 0.25) is 27.7 Å². The predicted octanol–water partition coefficient (Wildman–Crippen LogP) is 2.61. The summed E-state index contributed by atoms with van der Waals surface area (Å²) in [4.78, 5) is 66.5. The maximum atomic E-state index is 14.8. The Hall–Kier alpha value is -4.93. The summed E-state index contributed by atoms with van der Waals surface area (Å²) >= 11 is 0. The SMILES string of the molecule is CCc1nc2cccc(F)c2nc1O[C@@H]1C[C@H]2C(=O)N[C@]3(C(=O)NS(=O)(=O)C4(C)CC4)C[C@H]3C=CCCCCC[C@H](NC(=O)c3ccnn3C)C(=O)N2C1. The number of benzene rings is 1. The molecule has 3 fully saturated rings. The molecule has 15 nitrogen and oxygen atoms in total. The molecule has 4 heterocycles. The molecule has 54 heavy (non-hydrogen) atoms. The van der Waals surface area contributed by atoms with Gasteiger partial charge in [-0.05, 0) is 70.1 Å². The number of halogens is 1. The van der Waals surface area contributed by atoms with Crippen molar-refractivity contribution in [3.8, 4) is 5.88 Å². The van der Waals surface area contributed by atoms with E-state index in [2.05, 4.69) is 30.4 Å². The number of nitrogens with zero attached hydrogens (tertiary/aromatic N) is 5. The highest BCUT2D eigenvalue weighted by Gasteiger charge is 2.63. The van der Waals surface area contributed by atoms with Crippen molar-refractivity contribution in [3.63, 3.8) is 0 Å². The van der Waals surface area contributed by atoms with Crippen molar-refractivity contribution < 1.29 is 36.7 Å². The molecule has 5 atom stereocenters. The van der Waals surface area contributed by atoms with Crippen molar-refractivity contribution >= 4 is 44.7 Å². The number of carbonyl (C=O) groups excluding carboxylic acids is 4. The molecule has 2 aliphatic heterocycles. The van der Waals surface area contributed by atoms with E-state index in [4.69, 9.17) is 4.74 Å². The zero-order valence-electron chi connectivity index (χ0n) is 30.5. The molecule has 3 N–H and O–H groups in total. The number of para-hydroxylation sites is 1. The summed E-state index contributed by atoms with van der Waals surface area (Å²) in [6.07, 6.45) is 8.92. The molecule has 2 aliphatic carbocycles. The molecule has 4 aliphatic rings. The van der Waals surface area contributed by atoms with Crippen LogP contribution >= 0.6 is 0 Å². The number of carbonyl (C=O) groups is 4. The van der Waals surface area contributed by atoms with Crippen LogP contribution in [0.1, 0.15) is 87.8 Å². The second kappa shape index (κ2) is 14.4. The van der Waals surface area contributed by atoms with Crippen LogP contribution in [0, 0.1) is 11.7 Å². The predicted molar refractivity (Wildman–Crippen MR) is 194 cm³/mol. The molecule has 4 amide bonds. The second-order valence-electron chi connectivity index (χ2n) is 15.0. The number of hydrogen-bond donors (Lipinski definition) is 3. The summed E-state index contributed by atoms with van der Waals surface area (Å²) in [5.74, 6) is -3.51. The first kappa shape index (κ1) is 37.4. The molecule has 288 valence electrons. The molecule has 2 saturated carbocycles. The minimum atomic E-state index is -4.01. The van der Waals surface area contributed by atoms with Crippen LogP contribution in [-0.4, -0.2) is 91.7 Å². The minimum Gasteiger partial charge on any atom is -0.471 e. The van der Waals surface area contributed by atoms with Gasteiger partial charge in [-0.2, -0.15) is 5.10 Å². The van der Waals surface area contributed by atoms with Crippen molar-refractivity contribution in [2.45, 2.75) is 107 Å². The molecule has 1 saturated heterocycles. The number of ether oxygens (including phenoxy) is 1. The quantitative estimate of drug-likeness (QED) is 0.287. The van der Waals surface area contributed by atoms with Crippen molar-refractivity contribution in [2.24, 2.45) is 13.0 Å². The van der Waals surface area contributed by atoms with Crippen LogP contribution in [0.5, 0.6) is 5.88 Å². The fourth-order valence-corrected chi connectivity index (χ4v) is 8.63. The van der Waals surface area contributed by atoms with Gasteiger partial charge in [-0.1, -0.05) is 38.0 Å². The molecular formula is C37H45FN8O7S. The molecule has 3 aromatic rings. The van der Waals surface area contributed by atoms with Crippen molar-refractivity contribution in [1.82, 2.24) is 40.0 Å². The van der Waals surface area contributed by atoms with Crippen LogP contribution in [-0.2, 0) is 37.9 Å². The van der Waals surface area contributed by atoms with E-state index in [-0.39, 0.29) is 36.5 Å². The van der Waals surface area contributed by atoms with Gasteiger partial charge in [0, 0.05) is 25.6 Å². The number of nitrogens with one attached hydrogen (secondary N) is 3. The smallest absolute Gasteiger partial charge is 0.270 e. The van der Waals surface area contributed by atoms with Crippen LogP contribution in [0.2, 0.25) is 0 Å². The van der Waals surface area contributed by atoms with E-state index < -0.39 is 73.9 Å². The Morgan fingerprint density at radius 3 is 2.65 bits per heavy atom. The standard InChI is InChI=1S/C37H45FN8O7S/c1-4-25-33(42-30-24(38)12-10-14-26(30)40-25)53-23-19-29-32(48)43-37(35(50)44-54(51,52)36(2)16-17-36)20-22(37)11-8-6-5-7-9-13-27(34(49)46(29)21-23)41-31(47)28-15-18-39-45(28)3/h8,10-12,14-15,18,22-23,27,29H,4-7,9,13,16-17,19-21H2,1-3H3,(H,41,47)(H,43,48)(H,44,50)/t22-,23-,27+,29+,37-/m1/s1. The topological polar surface area (TPSA) is 195 Å². The van der Waals surface area contributed by atoms with Gasteiger partial charge in [-0.15, -0.1) is 0 Å². The Bertz CT molecular complexity index is 2140. The highest BCUT2D eigenvalue weighted by molar-refractivity contribution is 7.91. The van der Waals surface area contributed by atoms with E-state index in [1.165, 1.54) is 34.0 Å². The summed E-state index contributed by atoms with van der Waals surface area (Å²) in [5.41, 5.74) is -0.473. The van der Waals surface area contributed by atoms with Gasteiger partial charge in [-0.3, -0.25) is 28.6 Å². The summed E-state index contributed by atoms with van der Waals surface area (Å²) in [5, 5.41) is 9.77. The zero-order valence-corrected chi connectivity index (χ0v) is 31.3. The first-order valence-electron chi connectivity index (χ1n) is 18.5. The number of amides is 4. The first-order valence-corrected chi connectivity index (χ1v) is 20.0. The lowest BCUT2D eigenvalue weighted by molar-refractivity contribution is -0.141. The number of hydrogen-bond acceptors (Lipinski definition) is 10. The third-order valence-corrected chi connectivity index (χ3v) is 13.3. The van der Waals surface area contributed by atoms with Crippen LogP contribution in [0.25, 0.3) is 11.0 Å². The summed E-state index contributed by atoms with van der Waals surface area (Å²) < 4.78 is 50.0. The minimum absolute atomic E-state index is 0.0140. The van der Waals surface area contributed by atoms with E-state index >= 15 is 0 Å². The number of sulfonamides is 1. The molecule has 17 heteroatoms. The Morgan fingerprint density at radius 2 is 1.93 bits per heavy atom. The lowest BCUT2D eigenvalue weighted by Gasteiger charge is -2.30. The van der Waals surface area contributed by atoms with Gasteiger partial charge in [0.05, 0.1) is 16.8 Å². The molecule has 0 unspecified atom stereocenters. The fraction of sp³-hybridized carbons (Fsp3) is 0.541. The van der Waals surface area contributed by atoms with Crippen molar-refractivity contribution in [1.29, 1.82) is 0 Å². The molecule has 0 spiro atoms. The number of rotatable bonds is 8. The maximum absolute atomic E-state index is 14.8. The number of fused-ring (bicyclic) bond motifs is 3. The molecular weight excluding hydrogens is 720 g/mol. The zero-order chi connectivity index (χ0) is 38.4. The number of aryl methyl sites for hydroxylation is 2. The average molecular weight is 765 g/mol. The molecule has 1 aromatic carbocycles. The lowest BCUT2D eigenvalue weighted by atomic mass is 10.0. The van der Waals surface area contributed by atoms with Gasteiger partial charge < -0.3 is 20.3 Å². The van der Waals surface area contributed by atoms with Gasteiger partial charge in [0.25, 0.3) is 11.8 Å². The van der Waals surface area contributed by atoms with Crippen LogP contribution in [0.15, 0.2) is 42.6 Å². The molecule has 0 bridgehead atoms. The van der Waals surface area contributed by atoms with Crippen molar-refractivity contribution in [2.75, 3.05) is 6.54 Å². The Labute approximate surface area is 312 Å². The van der Waals surface area contributed by atoms with Gasteiger partial charge in [0.15, 0.2) is 5.82 Å². The van der Waals surface area contributed by atoms with Gasteiger partial charge >= 0.3 is 0 Å². The van der Waals surface area contributed by atoms with E-state index in [0.29, 0.717) is 49.7 Å². The average Bonchev–Trinajstić information content (AvgIpc) is 3.94. The molecule has 0 radical (unpaired) electrons. The summed E-state index contributed by atoms with van der Waals surface area (Å²) in [6, 6.07) is 3.80. The maximum Gasteiger partial charge on any atom is 0.270 e. The fourth-order valence-electron chi connectivity index (χ4n) is 7.32. The highest BCUT2D eigenvalue weighted by Crippen LogP contribution is 2.47. The van der Waals surface area contributed by atoms with E-state index in [1.807, 2.05) is 19.1 Å². The van der Waals surface area contributed by atoms with Gasteiger partial charge in [-0.25, -0.2) is 22.8 Å². The third kappa shape index (κ3) is 7.17. The van der Waals surface area contributed by atoms with Crippen LogP contribution in [0.4, 0.5) is 4.39 Å². The van der Waals surface area contributed by atoms with E-state index in [9.17, 15) is 32.0 Å². The summed E-state index contributed by atoms with van der Waals surface area (Å²) in [6.45, 7) is 3.33. The highest BCUT2D eigenvalue weighted by atomic mass is 32.2. The largest absolute Gasteiger partial charge is 0.471 e. The summed E-state index contributed by atoms with van der Waals surface area (Å²) in [7, 11) is -2.40. The third-order valence-electron chi connectivity index (χ3n) is 11.1. The van der Waals surface area contributed by atoms with E-state index in [0.717, 1.165) is 12.8 Å². The molecule has 2 aromatic heterocycles. The first-order chi connectivity index (χ1) is 25.7. The second-order valence-corrected chi connectivity index (χ2v) is 17.2. The Kier molecular flexibility index (Phi) is 9.95. The number of allylic oxidation sites excluding steroid dienone is 1. The van der Waals surface area contributed by atoms with Crippen molar-refractivity contribution in [3.05, 3.63) is 59.8 Å². The Morgan fingerprint density at radius 1 is 1.13 bits per heavy atom. The number of aromatic nitrogens is 4. The molecule has 7 rings (SSSR count).